The van der Waals surface area contributed by atoms with Crippen molar-refractivity contribution in [3.63, 3.8) is 0 Å². The summed E-state index contributed by atoms with van der Waals surface area (Å²) in [5.74, 6) is 0.886. The highest BCUT2D eigenvalue weighted by atomic mass is 35.5. The number of rotatable bonds is 8. The molecule has 0 unspecified atom stereocenters. The lowest BCUT2D eigenvalue weighted by Crippen LogP contribution is -2.41. The lowest BCUT2D eigenvalue weighted by molar-refractivity contribution is -0.133. The summed E-state index contributed by atoms with van der Waals surface area (Å²) in [7, 11) is 1.92. The van der Waals surface area contributed by atoms with Crippen LogP contribution in [-0.2, 0) is 18.3 Å². The zero-order valence-electron chi connectivity index (χ0n) is 30.0. The topological polar surface area (TPSA) is 101 Å². The molecule has 5 aliphatic rings. The summed E-state index contributed by atoms with van der Waals surface area (Å²) >= 11 is 13.1. The van der Waals surface area contributed by atoms with Gasteiger partial charge in [0.2, 0.25) is 5.91 Å². The SMILES string of the molecule is Cc1nc2c(F)c(-c3cccc(Cl)c3Cl)c(CCC#N)cc2c2c1cc([C@H]1C[C@H](Oc3cccc4c3cnn4C)CN1C(=O)C1CC1)n2[C@H]1[C@H]2CN[C@@H]1C2. The van der Waals surface area contributed by atoms with E-state index in [2.05, 4.69) is 27.1 Å². The average molecular weight is 763 g/mol. The Labute approximate surface area is 321 Å². The Bertz CT molecular complexity index is 2580. The first kappa shape index (κ1) is 33.8. The molecular weight excluding hydrogens is 724 g/mol. The summed E-state index contributed by atoms with van der Waals surface area (Å²) in [4.78, 5) is 21.1. The van der Waals surface area contributed by atoms with Crippen molar-refractivity contribution in [1.82, 2.24) is 29.5 Å². The molecular formula is C42H38Cl2FN7O2. The number of nitrogens with one attached hydrogen (secondary N) is 1. The van der Waals surface area contributed by atoms with Crippen molar-refractivity contribution >= 4 is 61.8 Å². The molecule has 11 rings (SSSR count). The number of ether oxygens (including phenoxy) is 1. The lowest BCUT2D eigenvalue weighted by atomic mass is 9.79. The predicted molar refractivity (Wildman–Crippen MR) is 207 cm³/mol. The van der Waals surface area contributed by atoms with Crippen LogP contribution >= 0.6 is 23.2 Å². The zero-order valence-corrected chi connectivity index (χ0v) is 31.5. The van der Waals surface area contributed by atoms with E-state index in [4.69, 9.17) is 32.9 Å². The minimum Gasteiger partial charge on any atom is -0.488 e. The standard InChI is InChI=1S/C42H38Cl2FN7O2/c1-21-27-17-34(33-16-25(20-51(33)42(53)22-11-12-22)54-35-10-4-9-32-29(35)19-48-50(32)2)52(40-24-15-31(40)47-18-24)41(27)28-14-23(6-5-13-46)36(38(45)39(28)49-21)26-7-3-8-30(43)37(26)44/h3-4,7-10,14,17,19,22,24-25,31,33,40,47H,5-6,11-12,15-16,18,20H2,1-2H3/t24-,25+,31-,33-,40+/m1/s1. The van der Waals surface area contributed by atoms with Crippen LogP contribution < -0.4 is 10.1 Å². The highest BCUT2D eigenvalue weighted by molar-refractivity contribution is 6.43. The molecule has 2 saturated carbocycles. The number of halogens is 3. The largest absolute Gasteiger partial charge is 0.488 e. The number of benzene rings is 3. The first-order valence-corrected chi connectivity index (χ1v) is 19.6. The van der Waals surface area contributed by atoms with Gasteiger partial charge in [0, 0.05) is 71.7 Å². The van der Waals surface area contributed by atoms with Gasteiger partial charge in [-0.2, -0.15) is 10.4 Å². The summed E-state index contributed by atoms with van der Waals surface area (Å²) in [5.41, 5.74) is 5.36. The Morgan fingerprint density at radius 3 is 2.70 bits per heavy atom. The molecule has 12 heteroatoms. The van der Waals surface area contributed by atoms with Gasteiger partial charge in [0.05, 0.1) is 57.4 Å². The van der Waals surface area contributed by atoms with Crippen LogP contribution in [0.3, 0.4) is 0 Å². The van der Waals surface area contributed by atoms with E-state index < -0.39 is 5.82 Å². The Morgan fingerprint density at radius 1 is 1.11 bits per heavy atom. The third kappa shape index (κ3) is 5.15. The second kappa shape index (κ2) is 12.7. The normalized spacial score (nSPS) is 23.4. The zero-order chi connectivity index (χ0) is 37.0. The van der Waals surface area contributed by atoms with Gasteiger partial charge in [-0.05, 0) is 74.4 Å². The fourth-order valence-corrected chi connectivity index (χ4v) is 9.90. The first-order valence-electron chi connectivity index (χ1n) is 18.8. The number of pyridine rings is 1. The number of aryl methyl sites for hydroxylation is 3. The molecule has 3 aromatic carbocycles. The smallest absolute Gasteiger partial charge is 0.226 e. The van der Waals surface area contributed by atoms with Crippen molar-refractivity contribution in [2.45, 2.75) is 69.7 Å². The molecule has 0 spiro atoms. The molecule has 5 fully saturated rings. The molecule has 54 heavy (non-hydrogen) atoms. The number of likely N-dealkylation sites (tertiary alicyclic amines) is 1. The van der Waals surface area contributed by atoms with E-state index in [1.807, 2.05) is 54.0 Å². The van der Waals surface area contributed by atoms with Gasteiger partial charge in [0.1, 0.15) is 17.4 Å². The molecule has 0 radical (unpaired) electrons. The van der Waals surface area contributed by atoms with Gasteiger partial charge in [-0.15, -0.1) is 0 Å². The van der Waals surface area contributed by atoms with E-state index >= 15 is 4.39 Å². The van der Waals surface area contributed by atoms with Crippen LogP contribution in [0.4, 0.5) is 4.39 Å². The van der Waals surface area contributed by atoms with Crippen LogP contribution in [-0.4, -0.2) is 55.4 Å². The fraction of sp³-hybridized carbons (Fsp3) is 0.381. The van der Waals surface area contributed by atoms with E-state index in [-0.39, 0.29) is 53.0 Å². The molecule has 3 aromatic heterocycles. The maximum absolute atomic E-state index is 17.3. The predicted octanol–water partition coefficient (Wildman–Crippen LogP) is 8.62. The number of carbonyl (C=O) groups excluding carboxylic acids is 1. The summed E-state index contributed by atoms with van der Waals surface area (Å²) < 4.78 is 28.3. The quantitative estimate of drug-likeness (QED) is 0.167. The summed E-state index contributed by atoms with van der Waals surface area (Å²) in [6.45, 7) is 3.31. The molecule has 3 saturated heterocycles. The number of nitrogens with zero attached hydrogens (tertiary/aromatic N) is 6. The van der Waals surface area contributed by atoms with E-state index in [1.165, 1.54) is 0 Å². The third-order valence-corrected chi connectivity index (χ3v) is 13.1. The van der Waals surface area contributed by atoms with E-state index in [9.17, 15) is 10.1 Å². The van der Waals surface area contributed by atoms with Gasteiger partial charge in [0.15, 0.2) is 5.82 Å². The van der Waals surface area contributed by atoms with Crippen molar-refractivity contribution in [1.29, 1.82) is 5.26 Å². The van der Waals surface area contributed by atoms with Crippen molar-refractivity contribution in [2.24, 2.45) is 18.9 Å². The van der Waals surface area contributed by atoms with Gasteiger partial charge >= 0.3 is 0 Å². The highest BCUT2D eigenvalue weighted by Crippen LogP contribution is 2.51. The molecule has 6 heterocycles. The average Bonchev–Trinajstić information content (AvgIpc) is 3.56. The highest BCUT2D eigenvalue weighted by Gasteiger charge is 2.51. The Kier molecular flexibility index (Phi) is 7.95. The van der Waals surface area contributed by atoms with Crippen LogP contribution in [0.2, 0.25) is 10.0 Å². The maximum Gasteiger partial charge on any atom is 0.226 e. The van der Waals surface area contributed by atoms with E-state index in [0.717, 1.165) is 59.1 Å². The number of hydrogen-bond donors (Lipinski definition) is 1. The summed E-state index contributed by atoms with van der Waals surface area (Å²) in [6, 6.07) is 17.8. The minimum atomic E-state index is -0.483. The molecule has 274 valence electrons. The van der Waals surface area contributed by atoms with Crippen molar-refractivity contribution in [2.75, 3.05) is 13.1 Å². The van der Waals surface area contributed by atoms with Gasteiger partial charge < -0.3 is 19.5 Å². The Hall–Kier alpha value is -4.69. The first-order chi connectivity index (χ1) is 26.2. The number of nitriles is 1. The van der Waals surface area contributed by atoms with Gasteiger partial charge in [-0.25, -0.2) is 9.37 Å². The summed E-state index contributed by atoms with van der Waals surface area (Å²) in [5, 5.41) is 21.0. The van der Waals surface area contributed by atoms with Crippen LogP contribution in [0.1, 0.15) is 61.1 Å². The van der Waals surface area contributed by atoms with E-state index in [1.54, 1.807) is 18.2 Å². The van der Waals surface area contributed by atoms with Crippen molar-refractivity contribution < 1.29 is 13.9 Å². The van der Waals surface area contributed by atoms with E-state index in [0.29, 0.717) is 58.1 Å². The molecule has 9 nitrogen and oxygen atoms in total. The van der Waals surface area contributed by atoms with Gasteiger partial charge in [-0.1, -0.05) is 41.4 Å². The van der Waals surface area contributed by atoms with Gasteiger partial charge in [-0.3, -0.25) is 9.48 Å². The molecule has 2 bridgehead atoms. The van der Waals surface area contributed by atoms with Crippen LogP contribution in [0.25, 0.3) is 43.8 Å². The van der Waals surface area contributed by atoms with Crippen molar-refractivity contribution in [3.8, 4) is 22.9 Å². The maximum atomic E-state index is 17.3. The number of fused-ring (bicyclic) bond motifs is 5. The van der Waals surface area contributed by atoms with Crippen LogP contribution in [0.15, 0.2) is 54.7 Å². The van der Waals surface area contributed by atoms with Crippen LogP contribution in [0, 0.1) is 35.9 Å². The monoisotopic (exact) mass is 761 g/mol. The number of hydrogen-bond acceptors (Lipinski definition) is 6. The molecule has 2 aliphatic carbocycles. The number of carbonyl (C=O) groups is 1. The minimum absolute atomic E-state index is 0.0325. The summed E-state index contributed by atoms with van der Waals surface area (Å²) in [6.07, 6.45) is 5.62. The van der Waals surface area contributed by atoms with Crippen molar-refractivity contribution in [3.05, 3.63) is 87.5 Å². The number of aromatic nitrogens is 4. The van der Waals surface area contributed by atoms with Gasteiger partial charge in [0.25, 0.3) is 0 Å². The molecule has 1 N–H and O–H groups in total. The Morgan fingerprint density at radius 2 is 1.94 bits per heavy atom. The molecule has 6 aromatic rings. The fourth-order valence-electron chi connectivity index (χ4n) is 9.50. The molecule has 5 atom stereocenters. The Balaban J connectivity index is 1.17. The lowest BCUT2D eigenvalue weighted by Gasteiger charge is -2.39. The number of amides is 1. The van der Waals surface area contributed by atoms with Crippen LogP contribution in [0.5, 0.6) is 5.75 Å². The third-order valence-electron chi connectivity index (χ3n) is 12.3. The molecule has 1 amide bonds. The second-order valence-corrected chi connectivity index (χ2v) is 16.3. The second-order valence-electron chi connectivity index (χ2n) is 15.5. The molecule has 3 aliphatic heterocycles.